The van der Waals surface area contributed by atoms with Crippen molar-refractivity contribution >= 4 is 33.2 Å². The lowest BCUT2D eigenvalue weighted by Crippen LogP contribution is -2.06. The first kappa shape index (κ1) is 15.8. The Hall–Kier alpha value is -1.63. The molecule has 1 N–H and O–H groups in total. The highest BCUT2D eigenvalue weighted by molar-refractivity contribution is 9.10. The molecule has 0 aliphatic carbocycles. The third kappa shape index (κ3) is 3.93. The van der Waals surface area contributed by atoms with E-state index in [0.717, 1.165) is 10.0 Å². The van der Waals surface area contributed by atoms with E-state index < -0.39 is 4.92 Å². The van der Waals surface area contributed by atoms with E-state index in [-0.39, 0.29) is 11.4 Å². The highest BCUT2D eigenvalue weighted by Gasteiger charge is 2.17. The molecule has 0 unspecified atom stereocenters. The van der Waals surface area contributed by atoms with Crippen LogP contribution in [0.25, 0.3) is 0 Å². The number of hydrogen-bond acceptors (Lipinski definition) is 4. The Balaban J connectivity index is 2.42. The Kier molecular flexibility index (Phi) is 5.17. The van der Waals surface area contributed by atoms with Gasteiger partial charge in [-0.15, -0.1) is 0 Å². The van der Waals surface area contributed by atoms with Crippen molar-refractivity contribution in [2.75, 3.05) is 7.05 Å². The van der Waals surface area contributed by atoms with Crippen molar-refractivity contribution in [3.63, 3.8) is 0 Å². The lowest BCUT2D eigenvalue weighted by atomic mass is 10.2. The molecule has 0 fully saturated rings. The van der Waals surface area contributed by atoms with Gasteiger partial charge in [-0.2, -0.15) is 0 Å². The van der Waals surface area contributed by atoms with Gasteiger partial charge in [0, 0.05) is 33.7 Å². The zero-order valence-corrected chi connectivity index (χ0v) is 13.4. The third-order valence-corrected chi connectivity index (χ3v) is 3.46. The molecule has 0 aliphatic rings. The number of nitro benzene ring substituents is 1. The monoisotopic (exact) mass is 370 g/mol. The van der Waals surface area contributed by atoms with Crippen molar-refractivity contribution in [1.29, 1.82) is 0 Å². The molecule has 0 saturated heterocycles. The molecule has 5 nitrogen and oxygen atoms in total. The Bertz CT molecular complexity index is 679. The van der Waals surface area contributed by atoms with Crippen LogP contribution in [0.15, 0.2) is 40.9 Å². The summed E-state index contributed by atoms with van der Waals surface area (Å²) in [5.74, 6) is 0.657. The van der Waals surface area contributed by atoms with Crippen LogP contribution in [-0.4, -0.2) is 12.0 Å². The third-order valence-electron chi connectivity index (χ3n) is 2.73. The fourth-order valence-corrected chi connectivity index (χ4v) is 2.39. The van der Waals surface area contributed by atoms with E-state index in [2.05, 4.69) is 21.2 Å². The van der Waals surface area contributed by atoms with Crippen LogP contribution in [0, 0.1) is 10.1 Å². The van der Waals surface area contributed by atoms with Gasteiger partial charge in [0.25, 0.3) is 0 Å². The van der Waals surface area contributed by atoms with Gasteiger partial charge in [0.2, 0.25) is 5.75 Å². The van der Waals surface area contributed by atoms with Gasteiger partial charge in [0.05, 0.1) is 4.92 Å². The van der Waals surface area contributed by atoms with Crippen molar-refractivity contribution in [1.82, 2.24) is 5.32 Å². The summed E-state index contributed by atoms with van der Waals surface area (Å²) >= 11 is 9.28. The average molecular weight is 372 g/mol. The van der Waals surface area contributed by atoms with Crippen LogP contribution in [0.1, 0.15) is 5.56 Å². The summed E-state index contributed by atoms with van der Waals surface area (Å²) in [4.78, 5) is 10.6. The van der Waals surface area contributed by atoms with Gasteiger partial charge in [-0.05, 0) is 31.3 Å². The summed E-state index contributed by atoms with van der Waals surface area (Å²) in [6.45, 7) is 0.573. The number of nitrogens with one attached hydrogen (secondary N) is 1. The highest BCUT2D eigenvalue weighted by atomic mass is 79.9. The number of benzene rings is 2. The van der Waals surface area contributed by atoms with E-state index in [1.165, 1.54) is 18.2 Å². The van der Waals surface area contributed by atoms with Crippen LogP contribution < -0.4 is 10.1 Å². The minimum atomic E-state index is -0.498. The summed E-state index contributed by atoms with van der Waals surface area (Å²) < 4.78 is 6.61. The second-order valence-electron chi connectivity index (χ2n) is 4.25. The zero-order valence-electron chi connectivity index (χ0n) is 11.1. The molecule has 0 bridgehead atoms. The fraction of sp³-hybridized carbons (Fsp3) is 0.143. The topological polar surface area (TPSA) is 64.4 Å². The van der Waals surface area contributed by atoms with E-state index >= 15 is 0 Å². The molecule has 0 saturated carbocycles. The summed E-state index contributed by atoms with van der Waals surface area (Å²) in [5.41, 5.74) is 0.749. The first-order valence-electron chi connectivity index (χ1n) is 6.06. The zero-order chi connectivity index (χ0) is 15.4. The molecule has 2 aromatic carbocycles. The first-order valence-corrected chi connectivity index (χ1v) is 7.23. The Morgan fingerprint density at radius 2 is 2.05 bits per heavy atom. The number of rotatable bonds is 5. The molecule has 110 valence electrons. The molecule has 0 spiro atoms. The fourth-order valence-electron chi connectivity index (χ4n) is 1.82. The molecule has 0 atom stereocenters. The largest absolute Gasteiger partial charge is 0.450 e. The van der Waals surface area contributed by atoms with Gasteiger partial charge in [0.1, 0.15) is 5.75 Å². The van der Waals surface area contributed by atoms with E-state index in [1.54, 1.807) is 6.07 Å². The normalized spacial score (nSPS) is 10.4. The smallest absolute Gasteiger partial charge is 0.311 e. The predicted molar refractivity (Wildman–Crippen MR) is 85.1 cm³/mol. The van der Waals surface area contributed by atoms with Crippen LogP contribution in [0.5, 0.6) is 11.5 Å². The molecule has 0 radical (unpaired) electrons. The first-order chi connectivity index (χ1) is 10.0. The van der Waals surface area contributed by atoms with Crippen LogP contribution in [0.3, 0.4) is 0 Å². The Labute approximate surface area is 135 Å². The van der Waals surface area contributed by atoms with E-state index in [4.69, 9.17) is 16.3 Å². The average Bonchev–Trinajstić information content (AvgIpc) is 2.42. The van der Waals surface area contributed by atoms with E-state index in [9.17, 15) is 10.1 Å². The number of nitrogens with zero attached hydrogens (tertiary/aromatic N) is 1. The van der Waals surface area contributed by atoms with Gasteiger partial charge in [-0.25, -0.2) is 0 Å². The molecule has 2 aromatic rings. The maximum atomic E-state index is 11.1. The van der Waals surface area contributed by atoms with Gasteiger partial charge < -0.3 is 10.1 Å². The lowest BCUT2D eigenvalue weighted by molar-refractivity contribution is -0.385. The molecule has 0 amide bonds. The Morgan fingerprint density at radius 3 is 2.71 bits per heavy atom. The molecular weight excluding hydrogens is 360 g/mol. The second kappa shape index (κ2) is 6.89. The molecule has 21 heavy (non-hydrogen) atoms. The Morgan fingerprint density at radius 1 is 1.29 bits per heavy atom. The molecule has 0 aromatic heterocycles. The van der Waals surface area contributed by atoms with Gasteiger partial charge in [0.15, 0.2) is 0 Å². The predicted octanol–water partition coefficient (Wildman–Crippen LogP) is 4.52. The number of halogens is 2. The van der Waals surface area contributed by atoms with E-state index in [1.807, 2.05) is 19.2 Å². The maximum Gasteiger partial charge on any atom is 0.311 e. The lowest BCUT2D eigenvalue weighted by Gasteiger charge is -2.12. The van der Waals surface area contributed by atoms with Crippen LogP contribution >= 0.6 is 27.5 Å². The summed E-state index contributed by atoms with van der Waals surface area (Å²) in [6.07, 6.45) is 0. The minimum Gasteiger partial charge on any atom is -0.450 e. The van der Waals surface area contributed by atoms with Gasteiger partial charge >= 0.3 is 5.69 Å². The van der Waals surface area contributed by atoms with Crippen LogP contribution in [-0.2, 0) is 6.54 Å². The van der Waals surface area contributed by atoms with Crippen LogP contribution in [0.2, 0.25) is 5.02 Å². The van der Waals surface area contributed by atoms with Gasteiger partial charge in [-0.3, -0.25) is 10.1 Å². The van der Waals surface area contributed by atoms with Crippen LogP contribution in [0.4, 0.5) is 5.69 Å². The number of ether oxygens (including phenoxy) is 1. The van der Waals surface area contributed by atoms with Crippen molar-refractivity contribution in [3.05, 3.63) is 61.6 Å². The molecule has 7 heteroatoms. The second-order valence-corrected chi connectivity index (χ2v) is 5.61. The summed E-state index contributed by atoms with van der Waals surface area (Å²) in [5, 5.41) is 14.5. The number of hydrogen-bond donors (Lipinski definition) is 1. The SMILES string of the molecule is CNCc1cc(Br)ccc1Oc1cc(Cl)ccc1[N+](=O)[O-]. The van der Waals surface area contributed by atoms with Crippen molar-refractivity contribution in [2.45, 2.75) is 6.54 Å². The highest BCUT2D eigenvalue weighted by Crippen LogP contribution is 2.35. The minimum absolute atomic E-state index is 0.118. The standard InChI is InChI=1S/C14H12BrClN2O3/c1-17-8-9-6-10(15)2-5-13(9)21-14-7-11(16)3-4-12(14)18(19)20/h2-7,17H,8H2,1H3. The molecule has 0 heterocycles. The maximum absolute atomic E-state index is 11.1. The summed E-state index contributed by atoms with van der Waals surface area (Å²) in [6, 6.07) is 9.68. The molecule has 2 rings (SSSR count). The quantitative estimate of drug-likeness (QED) is 0.620. The van der Waals surface area contributed by atoms with E-state index in [0.29, 0.717) is 17.3 Å². The molecular formula is C14H12BrClN2O3. The van der Waals surface area contributed by atoms with Gasteiger partial charge in [-0.1, -0.05) is 27.5 Å². The van der Waals surface area contributed by atoms with Crippen molar-refractivity contribution < 1.29 is 9.66 Å². The summed E-state index contributed by atoms with van der Waals surface area (Å²) in [7, 11) is 1.81. The number of nitro groups is 1. The van der Waals surface area contributed by atoms with Crippen molar-refractivity contribution in [3.8, 4) is 11.5 Å². The van der Waals surface area contributed by atoms with Crippen molar-refractivity contribution in [2.24, 2.45) is 0 Å². The molecule has 0 aliphatic heterocycles.